The number of anilines is 1. The van der Waals surface area contributed by atoms with Gasteiger partial charge in [-0.3, -0.25) is 4.79 Å². The fraction of sp³-hybridized carbons (Fsp3) is 0.316. The fourth-order valence-electron chi connectivity index (χ4n) is 2.96. The molecule has 3 rings (SSSR count). The molecule has 3 heteroatoms. The van der Waals surface area contributed by atoms with Crippen LogP contribution in [0.15, 0.2) is 53.4 Å². The molecule has 2 aromatic rings. The van der Waals surface area contributed by atoms with Gasteiger partial charge in [-0.1, -0.05) is 35.9 Å². The molecule has 22 heavy (non-hydrogen) atoms. The van der Waals surface area contributed by atoms with Crippen LogP contribution in [0.4, 0.5) is 5.69 Å². The summed E-state index contributed by atoms with van der Waals surface area (Å²) in [6.07, 6.45) is 1.55. The maximum absolute atomic E-state index is 12.6. The standard InChI is InChI=1S/C19H21NOS/c1-14-7-9-17(10-8-14)22-12-11-19(21)20-15(2)13-16-5-3-4-6-18(16)20/h3-10,15H,11-13H2,1-2H3/t15-/m1/s1. The van der Waals surface area contributed by atoms with Crippen LogP contribution in [-0.4, -0.2) is 17.7 Å². The molecule has 0 N–H and O–H groups in total. The molecule has 0 aliphatic carbocycles. The molecule has 1 aliphatic rings. The number of nitrogens with zero attached hydrogens (tertiary/aromatic N) is 1. The number of hydrogen-bond acceptors (Lipinski definition) is 2. The molecule has 1 aliphatic heterocycles. The average Bonchev–Trinajstić information content (AvgIpc) is 2.85. The van der Waals surface area contributed by atoms with E-state index in [9.17, 15) is 4.79 Å². The Kier molecular flexibility index (Phi) is 4.53. The number of amides is 1. The van der Waals surface area contributed by atoms with Gasteiger partial charge >= 0.3 is 0 Å². The molecule has 0 saturated heterocycles. The molecule has 2 aromatic carbocycles. The molecule has 114 valence electrons. The van der Waals surface area contributed by atoms with E-state index in [0.717, 1.165) is 17.9 Å². The van der Waals surface area contributed by atoms with Gasteiger partial charge in [0.15, 0.2) is 0 Å². The number of rotatable bonds is 4. The number of carbonyl (C=O) groups is 1. The first kappa shape index (κ1) is 15.2. The second-order valence-electron chi connectivity index (χ2n) is 5.86. The van der Waals surface area contributed by atoms with Crippen LogP contribution in [0.5, 0.6) is 0 Å². The van der Waals surface area contributed by atoms with Crippen LogP contribution in [0.2, 0.25) is 0 Å². The lowest BCUT2D eigenvalue weighted by Gasteiger charge is -2.22. The first-order chi connectivity index (χ1) is 10.6. The number of hydrogen-bond donors (Lipinski definition) is 0. The van der Waals surface area contributed by atoms with Gasteiger partial charge in [0.25, 0.3) is 0 Å². The van der Waals surface area contributed by atoms with Gasteiger partial charge in [0.1, 0.15) is 0 Å². The number of fused-ring (bicyclic) bond motifs is 1. The molecule has 0 fully saturated rings. The summed E-state index contributed by atoms with van der Waals surface area (Å²) in [5.41, 5.74) is 3.65. The van der Waals surface area contributed by atoms with Crippen molar-refractivity contribution in [2.75, 3.05) is 10.7 Å². The molecule has 1 atom stereocenters. The lowest BCUT2D eigenvalue weighted by molar-refractivity contribution is -0.118. The summed E-state index contributed by atoms with van der Waals surface area (Å²) >= 11 is 1.75. The third-order valence-corrected chi connectivity index (χ3v) is 5.10. The van der Waals surface area contributed by atoms with Gasteiger partial charge in [0, 0.05) is 28.8 Å². The second kappa shape index (κ2) is 6.57. The number of benzene rings is 2. The maximum atomic E-state index is 12.6. The first-order valence-corrected chi connectivity index (χ1v) is 8.73. The summed E-state index contributed by atoms with van der Waals surface area (Å²) in [5.74, 6) is 1.06. The van der Waals surface area contributed by atoms with Crippen molar-refractivity contribution < 1.29 is 4.79 Å². The Morgan fingerprint density at radius 2 is 1.91 bits per heavy atom. The Morgan fingerprint density at radius 3 is 2.68 bits per heavy atom. The molecular formula is C19H21NOS. The third kappa shape index (κ3) is 3.20. The third-order valence-electron chi connectivity index (χ3n) is 4.08. The lowest BCUT2D eigenvalue weighted by Crippen LogP contribution is -2.35. The van der Waals surface area contributed by atoms with E-state index in [1.54, 1.807) is 11.8 Å². The predicted molar refractivity (Wildman–Crippen MR) is 93.6 cm³/mol. The largest absolute Gasteiger partial charge is 0.309 e. The number of thioether (sulfide) groups is 1. The summed E-state index contributed by atoms with van der Waals surface area (Å²) in [4.78, 5) is 15.8. The molecule has 0 radical (unpaired) electrons. The minimum Gasteiger partial charge on any atom is -0.309 e. The van der Waals surface area contributed by atoms with Crippen molar-refractivity contribution in [3.63, 3.8) is 0 Å². The molecule has 0 aromatic heterocycles. The van der Waals surface area contributed by atoms with Crippen molar-refractivity contribution in [3.8, 4) is 0 Å². The fourth-order valence-corrected chi connectivity index (χ4v) is 3.80. The Labute approximate surface area is 136 Å². The zero-order valence-electron chi connectivity index (χ0n) is 13.1. The smallest absolute Gasteiger partial charge is 0.228 e. The quantitative estimate of drug-likeness (QED) is 0.777. The molecular weight excluding hydrogens is 290 g/mol. The van der Waals surface area contributed by atoms with Gasteiger partial charge in [-0.15, -0.1) is 11.8 Å². The zero-order valence-corrected chi connectivity index (χ0v) is 13.9. The monoisotopic (exact) mass is 311 g/mol. The van der Waals surface area contributed by atoms with Crippen LogP contribution >= 0.6 is 11.8 Å². The highest BCUT2D eigenvalue weighted by atomic mass is 32.2. The van der Waals surface area contributed by atoms with E-state index in [2.05, 4.69) is 50.2 Å². The topological polar surface area (TPSA) is 20.3 Å². The van der Waals surface area contributed by atoms with Gasteiger partial charge in [-0.25, -0.2) is 0 Å². The van der Waals surface area contributed by atoms with Crippen molar-refractivity contribution in [2.45, 2.75) is 37.6 Å². The van der Waals surface area contributed by atoms with Gasteiger partial charge < -0.3 is 4.90 Å². The Hall–Kier alpha value is -1.74. The molecule has 0 saturated carbocycles. The molecule has 1 heterocycles. The van der Waals surface area contributed by atoms with Crippen molar-refractivity contribution >= 4 is 23.4 Å². The highest BCUT2D eigenvalue weighted by molar-refractivity contribution is 7.99. The molecule has 0 bridgehead atoms. The van der Waals surface area contributed by atoms with Crippen LogP contribution in [0, 0.1) is 6.92 Å². The van der Waals surface area contributed by atoms with Crippen LogP contribution in [0.1, 0.15) is 24.5 Å². The van der Waals surface area contributed by atoms with Crippen molar-refractivity contribution in [2.24, 2.45) is 0 Å². The number of aryl methyl sites for hydroxylation is 1. The van der Waals surface area contributed by atoms with E-state index in [-0.39, 0.29) is 11.9 Å². The lowest BCUT2D eigenvalue weighted by atomic mass is 10.1. The second-order valence-corrected chi connectivity index (χ2v) is 7.03. The highest BCUT2D eigenvalue weighted by Crippen LogP contribution is 2.32. The van der Waals surface area contributed by atoms with Gasteiger partial charge in [0.05, 0.1) is 0 Å². The van der Waals surface area contributed by atoms with Gasteiger partial charge in [-0.05, 0) is 44.0 Å². The van der Waals surface area contributed by atoms with Crippen molar-refractivity contribution in [1.82, 2.24) is 0 Å². The van der Waals surface area contributed by atoms with E-state index in [0.29, 0.717) is 6.42 Å². The number of carbonyl (C=O) groups excluding carboxylic acids is 1. The minimum absolute atomic E-state index is 0.233. The van der Waals surface area contributed by atoms with E-state index >= 15 is 0 Å². The Bertz CT molecular complexity index is 665. The van der Waals surface area contributed by atoms with Crippen LogP contribution in [0.3, 0.4) is 0 Å². The molecule has 0 spiro atoms. The van der Waals surface area contributed by atoms with Crippen LogP contribution in [-0.2, 0) is 11.2 Å². The van der Waals surface area contributed by atoms with Crippen LogP contribution in [0.25, 0.3) is 0 Å². The normalized spacial score (nSPS) is 16.6. The molecule has 1 amide bonds. The summed E-state index contributed by atoms with van der Waals surface area (Å²) < 4.78 is 0. The number of para-hydroxylation sites is 1. The van der Waals surface area contributed by atoms with Gasteiger partial charge in [0.2, 0.25) is 5.91 Å². The summed E-state index contributed by atoms with van der Waals surface area (Å²) in [5, 5.41) is 0. The summed E-state index contributed by atoms with van der Waals surface area (Å²) in [7, 11) is 0. The maximum Gasteiger partial charge on any atom is 0.228 e. The van der Waals surface area contributed by atoms with Gasteiger partial charge in [-0.2, -0.15) is 0 Å². The molecule has 2 nitrogen and oxygen atoms in total. The zero-order chi connectivity index (χ0) is 15.5. The van der Waals surface area contributed by atoms with Crippen LogP contribution < -0.4 is 4.90 Å². The van der Waals surface area contributed by atoms with Crippen molar-refractivity contribution in [3.05, 3.63) is 59.7 Å². The van der Waals surface area contributed by atoms with E-state index in [1.807, 2.05) is 17.0 Å². The SMILES string of the molecule is Cc1ccc(SCCC(=O)N2c3ccccc3C[C@H]2C)cc1. The Morgan fingerprint density at radius 1 is 1.18 bits per heavy atom. The van der Waals surface area contributed by atoms with Crippen molar-refractivity contribution in [1.29, 1.82) is 0 Å². The summed E-state index contributed by atoms with van der Waals surface area (Å²) in [6, 6.07) is 17.0. The Balaban J connectivity index is 1.59. The molecule has 0 unspecified atom stereocenters. The minimum atomic E-state index is 0.233. The summed E-state index contributed by atoms with van der Waals surface area (Å²) in [6.45, 7) is 4.22. The highest BCUT2D eigenvalue weighted by Gasteiger charge is 2.29. The van der Waals surface area contributed by atoms with E-state index < -0.39 is 0 Å². The van der Waals surface area contributed by atoms with E-state index in [4.69, 9.17) is 0 Å². The average molecular weight is 311 g/mol. The van der Waals surface area contributed by atoms with E-state index in [1.165, 1.54) is 16.0 Å². The predicted octanol–water partition coefficient (Wildman–Crippen LogP) is 4.46. The first-order valence-electron chi connectivity index (χ1n) is 7.74.